The van der Waals surface area contributed by atoms with Crippen molar-refractivity contribution < 1.29 is 0 Å². The number of H-pyrrole nitrogens is 1. The van der Waals surface area contributed by atoms with Crippen LogP contribution in [0.25, 0.3) is 22.3 Å². The summed E-state index contributed by atoms with van der Waals surface area (Å²) in [7, 11) is 0. The molecule has 5 heteroatoms. The predicted molar refractivity (Wildman–Crippen MR) is 62.1 cm³/mol. The van der Waals surface area contributed by atoms with Crippen molar-refractivity contribution in [3.63, 3.8) is 0 Å². The third kappa shape index (κ3) is 1.44. The zero-order chi connectivity index (χ0) is 11.0. The molecule has 0 bridgehead atoms. The standard InChI is InChI=1S/C11H7ClN4/c12-8-3-1-7(2-4-8)10-9-5-13-6-14-11(9)16-15-10/h1-6H,(H,13,14,15,16). The normalized spacial score (nSPS) is 10.8. The summed E-state index contributed by atoms with van der Waals surface area (Å²) in [5.74, 6) is 0. The molecule has 0 spiro atoms. The van der Waals surface area contributed by atoms with Gasteiger partial charge >= 0.3 is 0 Å². The molecular weight excluding hydrogens is 224 g/mol. The molecule has 0 fully saturated rings. The second-order valence-corrected chi connectivity index (χ2v) is 3.80. The second-order valence-electron chi connectivity index (χ2n) is 3.37. The first kappa shape index (κ1) is 9.30. The number of aromatic amines is 1. The molecule has 0 aliphatic carbocycles. The van der Waals surface area contributed by atoms with Crippen LogP contribution in [0.2, 0.25) is 5.02 Å². The summed E-state index contributed by atoms with van der Waals surface area (Å²) in [4.78, 5) is 8.06. The van der Waals surface area contributed by atoms with Crippen LogP contribution in [0.4, 0.5) is 0 Å². The zero-order valence-electron chi connectivity index (χ0n) is 8.18. The van der Waals surface area contributed by atoms with Gasteiger partial charge in [-0.05, 0) is 12.1 Å². The number of benzene rings is 1. The molecular formula is C11H7ClN4. The predicted octanol–water partition coefficient (Wildman–Crippen LogP) is 2.67. The van der Waals surface area contributed by atoms with E-state index in [1.165, 1.54) is 6.33 Å². The number of rotatable bonds is 1. The van der Waals surface area contributed by atoms with Crippen molar-refractivity contribution >= 4 is 22.6 Å². The quantitative estimate of drug-likeness (QED) is 0.699. The van der Waals surface area contributed by atoms with Gasteiger partial charge in [0.05, 0.1) is 11.1 Å². The van der Waals surface area contributed by atoms with Gasteiger partial charge in [0.25, 0.3) is 0 Å². The Morgan fingerprint density at radius 2 is 1.94 bits per heavy atom. The van der Waals surface area contributed by atoms with Crippen LogP contribution in [0.5, 0.6) is 0 Å². The number of fused-ring (bicyclic) bond motifs is 1. The van der Waals surface area contributed by atoms with E-state index in [0.29, 0.717) is 10.7 Å². The van der Waals surface area contributed by atoms with Crippen LogP contribution in [-0.2, 0) is 0 Å². The van der Waals surface area contributed by atoms with Crippen LogP contribution >= 0.6 is 11.6 Å². The van der Waals surface area contributed by atoms with Gasteiger partial charge in [-0.1, -0.05) is 23.7 Å². The average Bonchev–Trinajstić information content (AvgIpc) is 2.74. The largest absolute Gasteiger partial charge is 0.275 e. The first-order valence-corrected chi connectivity index (χ1v) is 5.12. The SMILES string of the molecule is Clc1ccc(-c2[nH]nc3ncncc23)cc1. The third-order valence-electron chi connectivity index (χ3n) is 2.37. The van der Waals surface area contributed by atoms with E-state index in [0.717, 1.165) is 16.6 Å². The first-order chi connectivity index (χ1) is 7.84. The highest BCUT2D eigenvalue weighted by Gasteiger charge is 2.07. The van der Waals surface area contributed by atoms with E-state index in [-0.39, 0.29) is 0 Å². The van der Waals surface area contributed by atoms with Crippen LogP contribution in [-0.4, -0.2) is 20.2 Å². The van der Waals surface area contributed by atoms with Crippen LogP contribution < -0.4 is 0 Å². The van der Waals surface area contributed by atoms with Crippen LogP contribution in [0.3, 0.4) is 0 Å². The maximum absolute atomic E-state index is 5.84. The lowest BCUT2D eigenvalue weighted by Crippen LogP contribution is -1.79. The Balaban J connectivity index is 2.22. The van der Waals surface area contributed by atoms with Gasteiger partial charge in [0.2, 0.25) is 0 Å². The van der Waals surface area contributed by atoms with Gasteiger partial charge in [0.1, 0.15) is 6.33 Å². The Morgan fingerprint density at radius 1 is 1.12 bits per heavy atom. The van der Waals surface area contributed by atoms with Crippen LogP contribution in [0, 0.1) is 0 Å². The van der Waals surface area contributed by atoms with Gasteiger partial charge < -0.3 is 0 Å². The molecule has 3 rings (SSSR count). The number of nitrogens with zero attached hydrogens (tertiary/aromatic N) is 3. The lowest BCUT2D eigenvalue weighted by atomic mass is 10.1. The minimum atomic E-state index is 0.667. The highest BCUT2D eigenvalue weighted by atomic mass is 35.5. The molecule has 0 saturated heterocycles. The maximum Gasteiger partial charge on any atom is 0.184 e. The summed E-state index contributed by atoms with van der Waals surface area (Å²) >= 11 is 5.84. The van der Waals surface area contributed by atoms with Crippen molar-refractivity contribution in [2.45, 2.75) is 0 Å². The molecule has 3 aromatic rings. The fourth-order valence-electron chi connectivity index (χ4n) is 1.59. The molecule has 0 unspecified atom stereocenters. The molecule has 0 saturated carbocycles. The van der Waals surface area contributed by atoms with Gasteiger partial charge in [0, 0.05) is 16.8 Å². The van der Waals surface area contributed by atoms with E-state index >= 15 is 0 Å². The summed E-state index contributed by atoms with van der Waals surface area (Å²) < 4.78 is 0. The summed E-state index contributed by atoms with van der Waals surface area (Å²) in [5.41, 5.74) is 2.59. The van der Waals surface area contributed by atoms with E-state index in [9.17, 15) is 0 Å². The van der Waals surface area contributed by atoms with Crippen molar-refractivity contribution in [1.82, 2.24) is 20.2 Å². The number of halogens is 1. The highest BCUT2D eigenvalue weighted by Crippen LogP contribution is 2.25. The first-order valence-electron chi connectivity index (χ1n) is 4.74. The molecule has 0 amide bonds. The lowest BCUT2D eigenvalue weighted by Gasteiger charge is -1.97. The molecule has 0 radical (unpaired) electrons. The Kier molecular flexibility index (Phi) is 2.08. The monoisotopic (exact) mass is 230 g/mol. The Morgan fingerprint density at radius 3 is 2.75 bits per heavy atom. The fraction of sp³-hybridized carbons (Fsp3) is 0. The molecule has 2 heterocycles. The average molecular weight is 231 g/mol. The molecule has 0 atom stereocenters. The van der Waals surface area contributed by atoms with Crippen molar-refractivity contribution in [3.05, 3.63) is 41.8 Å². The number of hydrogen-bond donors (Lipinski definition) is 1. The van der Waals surface area contributed by atoms with Crippen molar-refractivity contribution in [2.24, 2.45) is 0 Å². The maximum atomic E-state index is 5.84. The highest BCUT2D eigenvalue weighted by molar-refractivity contribution is 6.30. The summed E-state index contributed by atoms with van der Waals surface area (Å²) in [6, 6.07) is 7.55. The smallest absolute Gasteiger partial charge is 0.184 e. The van der Waals surface area contributed by atoms with E-state index < -0.39 is 0 Å². The van der Waals surface area contributed by atoms with Gasteiger partial charge in [-0.25, -0.2) is 9.97 Å². The molecule has 2 aromatic heterocycles. The van der Waals surface area contributed by atoms with E-state index in [4.69, 9.17) is 11.6 Å². The van der Waals surface area contributed by atoms with E-state index in [1.807, 2.05) is 24.3 Å². The minimum Gasteiger partial charge on any atom is -0.275 e. The fourth-order valence-corrected chi connectivity index (χ4v) is 1.72. The van der Waals surface area contributed by atoms with Crippen molar-refractivity contribution in [2.75, 3.05) is 0 Å². The molecule has 16 heavy (non-hydrogen) atoms. The number of hydrogen-bond acceptors (Lipinski definition) is 3. The van der Waals surface area contributed by atoms with Crippen LogP contribution in [0.15, 0.2) is 36.8 Å². The summed E-state index contributed by atoms with van der Waals surface area (Å²) in [6.45, 7) is 0. The van der Waals surface area contributed by atoms with Crippen molar-refractivity contribution in [1.29, 1.82) is 0 Å². The Bertz CT molecular complexity index is 630. The summed E-state index contributed by atoms with van der Waals surface area (Å²) in [5, 5.41) is 8.68. The zero-order valence-corrected chi connectivity index (χ0v) is 8.94. The van der Waals surface area contributed by atoms with Gasteiger partial charge in [-0.2, -0.15) is 5.10 Å². The lowest BCUT2D eigenvalue weighted by molar-refractivity contribution is 1.09. The van der Waals surface area contributed by atoms with Gasteiger partial charge in [0.15, 0.2) is 5.65 Å². The number of nitrogens with one attached hydrogen (secondary N) is 1. The van der Waals surface area contributed by atoms with E-state index in [2.05, 4.69) is 20.2 Å². The molecule has 0 aliphatic rings. The molecule has 4 nitrogen and oxygen atoms in total. The van der Waals surface area contributed by atoms with Crippen molar-refractivity contribution in [3.8, 4) is 11.3 Å². The topological polar surface area (TPSA) is 54.5 Å². The molecule has 1 aromatic carbocycles. The molecule has 0 aliphatic heterocycles. The van der Waals surface area contributed by atoms with E-state index in [1.54, 1.807) is 6.20 Å². The Hall–Kier alpha value is -1.94. The molecule has 78 valence electrons. The van der Waals surface area contributed by atoms with Gasteiger partial charge in [-0.15, -0.1) is 0 Å². The van der Waals surface area contributed by atoms with Gasteiger partial charge in [-0.3, -0.25) is 5.10 Å². The number of aromatic nitrogens is 4. The van der Waals surface area contributed by atoms with Crippen LogP contribution in [0.1, 0.15) is 0 Å². The third-order valence-corrected chi connectivity index (χ3v) is 2.62. The Labute approximate surface area is 96.3 Å². The minimum absolute atomic E-state index is 0.667. The second kappa shape index (κ2) is 3.57. The molecule has 1 N–H and O–H groups in total. The summed E-state index contributed by atoms with van der Waals surface area (Å²) in [6.07, 6.45) is 3.23.